The summed E-state index contributed by atoms with van der Waals surface area (Å²) in [6, 6.07) is 9.11. The number of likely N-dealkylation sites (N-methyl/N-ethyl adjacent to an activating group) is 1. The highest BCUT2D eigenvalue weighted by molar-refractivity contribution is 7.85. The Morgan fingerprint density at radius 1 is 1.00 bits per heavy atom. The Hall–Kier alpha value is -5.11. The highest BCUT2D eigenvalue weighted by Crippen LogP contribution is 2.48. The molecule has 13 heteroatoms. The van der Waals surface area contributed by atoms with E-state index in [0.29, 0.717) is 43.9 Å². The summed E-state index contributed by atoms with van der Waals surface area (Å²) in [5, 5.41) is 0.567. The molecule has 12 nitrogen and oxygen atoms in total. The highest BCUT2D eigenvalue weighted by atomic mass is 32.2. The predicted octanol–water partition coefficient (Wildman–Crippen LogP) is 9.03. The molecule has 4 aliphatic heterocycles. The van der Waals surface area contributed by atoms with Crippen molar-refractivity contribution in [3.05, 3.63) is 95.3 Å². The maximum atomic E-state index is 12.4. The van der Waals surface area contributed by atoms with E-state index in [1.165, 1.54) is 17.2 Å². The first-order chi connectivity index (χ1) is 28.7. The van der Waals surface area contributed by atoms with Crippen LogP contribution >= 0.6 is 0 Å². The summed E-state index contributed by atoms with van der Waals surface area (Å²) in [4.78, 5) is 43.4. The Balaban J connectivity index is 1.30. The second kappa shape index (κ2) is 17.7. The van der Waals surface area contributed by atoms with E-state index >= 15 is 0 Å². The van der Waals surface area contributed by atoms with Gasteiger partial charge in [-0.25, -0.2) is 4.79 Å². The van der Waals surface area contributed by atoms with Crippen molar-refractivity contribution in [2.75, 3.05) is 31.7 Å². The number of hydroxylamine groups is 2. The van der Waals surface area contributed by atoms with E-state index in [4.69, 9.17) is 14.3 Å². The van der Waals surface area contributed by atoms with Gasteiger partial charge in [-0.15, -0.1) is 5.06 Å². The number of allylic oxidation sites excluding steroid dienone is 9. The summed E-state index contributed by atoms with van der Waals surface area (Å²) in [5.74, 6) is 0.0438. The molecule has 4 heterocycles. The molecule has 0 bridgehead atoms. The molecule has 0 radical (unpaired) electrons. The van der Waals surface area contributed by atoms with Crippen LogP contribution in [-0.4, -0.2) is 78.4 Å². The highest BCUT2D eigenvalue weighted by Gasteiger charge is 2.48. The van der Waals surface area contributed by atoms with Crippen molar-refractivity contribution in [2.45, 2.75) is 116 Å². The molecule has 2 aromatic carbocycles. The number of hydrogen-bond acceptors (Lipinski definition) is 9. The number of ether oxygens (including phenoxy) is 2. The molecule has 0 aliphatic carbocycles. The fraction of sp³-hybridized carbons (Fsp3) is 0.458. The van der Waals surface area contributed by atoms with Gasteiger partial charge in [-0.1, -0.05) is 51.2 Å². The average molecular weight is 855 g/mol. The zero-order valence-electron chi connectivity index (χ0n) is 37.0. The largest absolute Gasteiger partial charge is 0.460 e. The van der Waals surface area contributed by atoms with Crippen molar-refractivity contribution in [1.29, 1.82) is 0 Å². The summed E-state index contributed by atoms with van der Waals surface area (Å²) >= 11 is 0. The lowest BCUT2D eigenvalue weighted by Crippen LogP contribution is -2.45. The topological polar surface area (TPSA) is 143 Å². The Morgan fingerprint density at radius 3 is 2.38 bits per heavy atom. The summed E-state index contributed by atoms with van der Waals surface area (Å²) in [5.41, 5.74) is 7.09. The van der Waals surface area contributed by atoms with Crippen molar-refractivity contribution in [3.63, 3.8) is 0 Å². The minimum absolute atomic E-state index is 0.0368. The molecular formula is C48H60N3O9S+. The number of anilines is 1. The number of carbonyl (C=O) groups is 3. The Labute approximate surface area is 360 Å². The van der Waals surface area contributed by atoms with Gasteiger partial charge in [-0.2, -0.15) is 13.0 Å². The molecule has 4 aliphatic rings. The van der Waals surface area contributed by atoms with Gasteiger partial charge in [0, 0.05) is 91.9 Å². The number of imide groups is 1. The fourth-order valence-electron chi connectivity index (χ4n) is 8.76. The van der Waals surface area contributed by atoms with Gasteiger partial charge in [0.15, 0.2) is 5.71 Å². The molecule has 6 rings (SSSR count). The summed E-state index contributed by atoms with van der Waals surface area (Å²) in [6.45, 7) is 19.1. The quantitative estimate of drug-likeness (QED) is 0.0606. The Bertz CT molecular complexity index is 2400. The number of methoxy groups -OCH3 is 1. The van der Waals surface area contributed by atoms with Crippen molar-refractivity contribution in [2.24, 2.45) is 5.41 Å². The first-order valence-corrected chi connectivity index (χ1v) is 22.6. The summed E-state index contributed by atoms with van der Waals surface area (Å²) in [7, 11) is -2.84. The van der Waals surface area contributed by atoms with E-state index < -0.39 is 33.3 Å². The van der Waals surface area contributed by atoms with E-state index in [-0.39, 0.29) is 35.1 Å². The van der Waals surface area contributed by atoms with Crippen LogP contribution in [0, 0.1) is 5.41 Å². The van der Waals surface area contributed by atoms with Crippen LogP contribution < -0.4 is 9.64 Å². The van der Waals surface area contributed by atoms with Crippen molar-refractivity contribution < 1.29 is 46.2 Å². The third kappa shape index (κ3) is 9.54. The van der Waals surface area contributed by atoms with Crippen LogP contribution in [0.2, 0.25) is 0 Å². The molecule has 2 aromatic rings. The molecule has 0 aromatic heterocycles. The van der Waals surface area contributed by atoms with Crippen LogP contribution in [0.15, 0.2) is 83.5 Å². The van der Waals surface area contributed by atoms with Gasteiger partial charge in [0.2, 0.25) is 5.69 Å². The van der Waals surface area contributed by atoms with Crippen LogP contribution in [0.1, 0.15) is 117 Å². The predicted molar refractivity (Wildman–Crippen MR) is 237 cm³/mol. The number of benzene rings is 2. The smallest absolute Gasteiger partial charge is 0.333 e. The van der Waals surface area contributed by atoms with Gasteiger partial charge in [-0.3, -0.25) is 14.1 Å². The second-order valence-electron chi connectivity index (χ2n) is 17.9. The molecule has 1 N–H and O–H groups in total. The molecule has 1 fully saturated rings. The Kier molecular flexibility index (Phi) is 13.2. The number of fused-ring (bicyclic) bond motifs is 3. The van der Waals surface area contributed by atoms with E-state index in [1.54, 1.807) is 19.2 Å². The second-order valence-corrected chi connectivity index (χ2v) is 19.4. The van der Waals surface area contributed by atoms with Crippen molar-refractivity contribution in [1.82, 2.24) is 5.06 Å². The third-order valence-electron chi connectivity index (χ3n) is 12.0. The van der Waals surface area contributed by atoms with Gasteiger partial charge in [0.1, 0.15) is 18.1 Å². The van der Waals surface area contributed by atoms with Crippen molar-refractivity contribution in [3.8, 4) is 5.75 Å². The number of rotatable bonds is 15. The number of unbranched alkanes of at least 4 members (excludes halogenated alkanes) is 2. The summed E-state index contributed by atoms with van der Waals surface area (Å²) in [6.07, 6.45) is 17.0. The maximum absolute atomic E-state index is 12.4. The SMILES string of the molecule is CCN1c2cc3c(cc2C(C)=CC1(C)C)C(=CC=CC=CC1=[N+](CCCCCC(=O)ON2C(=O)CCC2=O)c2ccc(S(=O)(=O)O)cc2C1(C)CCOC)C=C(C(C)(C)C)O3. The minimum atomic E-state index is -4.47. The van der Waals surface area contributed by atoms with Crippen LogP contribution in [0.3, 0.4) is 0 Å². The molecular weight excluding hydrogens is 795 g/mol. The first kappa shape index (κ1) is 45.4. The monoisotopic (exact) mass is 854 g/mol. The van der Waals surface area contributed by atoms with Crippen LogP contribution in [0.25, 0.3) is 11.1 Å². The summed E-state index contributed by atoms with van der Waals surface area (Å²) < 4.78 is 49.0. The minimum Gasteiger partial charge on any atom is -0.460 e. The number of amides is 2. The number of hydrogen-bond donors (Lipinski definition) is 1. The molecule has 326 valence electrons. The maximum Gasteiger partial charge on any atom is 0.333 e. The van der Waals surface area contributed by atoms with Gasteiger partial charge in [0.25, 0.3) is 21.9 Å². The zero-order chi connectivity index (χ0) is 44.5. The molecule has 0 saturated carbocycles. The normalized spacial score (nSPS) is 20.7. The van der Waals surface area contributed by atoms with Gasteiger partial charge >= 0.3 is 5.97 Å². The Morgan fingerprint density at radius 2 is 1.72 bits per heavy atom. The molecule has 1 unspecified atom stereocenters. The average Bonchev–Trinajstić information content (AvgIpc) is 3.62. The van der Waals surface area contributed by atoms with Gasteiger partial charge in [-0.05, 0) is 89.3 Å². The van der Waals surface area contributed by atoms with E-state index in [2.05, 4.69) is 95.2 Å². The molecule has 1 saturated heterocycles. The lowest BCUT2D eigenvalue weighted by Gasteiger charge is -2.43. The fourth-order valence-corrected chi connectivity index (χ4v) is 9.27. The lowest BCUT2D eigenvalue weighted by molar-refractivity contribution is -0.438. The zero-order valence-corrected chi connectivity index (χ0v) is 37.8. The lowest BCUT2D eigenvalue weighted by atomic mass is 9.76. The number of carbonyl (C=O) groups excluding carboxylic acids is 3. The third-order valence-corrected chi connectivity index (χ3v) is 12.8. The van der Waals surface area contributed by atoms with E-state index in [0.717, 1.165) is 51.8 Å². The van der Waals surface area contributed by atoms with Crippen LogP contribution in [-0.2, 0) is 39.5 Å². The van der Waals surface area contributed by atoms with Crippen molar-refractivity contribution >= 4 is 56.1 Å². The van der Waals surface area contributed by atoms with Gasteiger partial charge in [0.05, 0.1) is 15.8 Å². The van der Waals surface area contributed by atoms with E-state index in [1.807, 2.05) is 24.3 Å². The molecule has 0 spiro atoms. The standard InChI is InChI=1S/C48H59N3O9S/c1-10-50-39-30-40-36(29-35(39)32(2)31-47(50,6)7)33(27-42(59-40)46(3,4)5)17-13-11-14-18-41-48(8,24-26-58-9)37-28-34(61(55,56)57)20-21-38(37)49(41)25-16-12-15-19-45(54)60-51-43(52)22-23-44(51)53/h11,13-14,17-18,20-21,27-31H,10,12,15-16,19,22-26H2,1-9H3/p+1. The number of nitrogens with zero attached hydrogens (tertiary/aromatic N) is 3. The molecule has 1 atom stereocenters. The van der Waals surface area contributed by atoms with Crippen LogP contribution in [0.4, 0.5) is 11.4 Å². The first-order valence-electron chi connectivity index (χ1n) is 21.1. The van der Waals surface area contributed by atoms with E-state index in [9.17, 15) is 27.4 Å². The molecule has 2 amide bonds. The van der Waals surface area contributed by atoms with Crippen LogP contribution in [0.5, 0.6) is 5.75 Å². The molecule has 61 heavy (non-hydrogen) atoms. The van der Waals surface area contributed by atoms with Gasteiger partial charge < -0.3 is 19.2 Å².